The molecular formula is C14H16FNO3. The van der Waals surface area contributed by atoms with Crippen molar-refractivity contribution in [2.24, 2.45) is 11.8 Å². The molecule has 0 atom stereocenters. The molecule has 0 radical (unpaired) electrons. The van der Waals surface area contributed by atoms with Crippen LogP contribution >= 0.6 is 0 Å². The van der Waals surface area contributed by atoms with Crippen LogP contribution in [0.3, 0.4) is 0 Å². The third-order valence-corrected chi connectivity index (χ3v) is 3.67. The highest BCUT2D eigenvalue weighted by Gasteiger charge is 2.31. The Kier molecular flexibility index (Phi) is 4.24. The highest BCUT2D eigenvalue weighted by Crippen LogP contribution is 2.32. The molecule has 0 amide bonds. The number of methoxy groups -OCH3 is 1. The fourth-order valence-corrected chi connectivity index (χ4v) is 2.55. The van der Waals surface area contributed by atoms with E-state index in [-0.39, 0.29) is 29.2 Å². The van der Waals surface area contributed by atoms with Crippen molar-refractivity contribution in [3.63, 3.8) is 0 Å². The summed E-state index contributed by atoms with van der Waals surface area (Å²) in [4.78, 5) is 27.2. The number of Topliss-reactive ketones (excluding diaryl/α,β-unsaturated/α-hetero) is 1. The monoisotopic (exact) mass is 265 g/mol. The summed E-state index contributed by atoms with van der Waals surface area (Å²) in [5.41, 5.74) is 0.0940. The fourth-order valence-electron chi connectivity index (χ4n) is 2.55. The summed E-state index contributed by atoms with van der Waals surface area (Å²) in [7, 11) is 1.37. The number of pyridine rings is 1. The largest absolute Gasteiger partial charge is 0.469 e. The van der Waals surface area contributed by atoms with Crippen LogP contribution in [0, 0.1) is 17.7 Å². The fraction of sp³-hybridized carbons (Fsp3) is 0.500. The van der Waals surface area contributed by atoms with Crippen LogP contribution in [-0.4, -0.2) is 23.8 Å². The van der Waals surface area contributed by atoms with Gasteiger partial charge in [-0.15, -0.1) is 0 Å². The Morgan fingerprint density at radius 2 is 1.89 bits per heavy atom. The summed E-state index contributed by atoms with van der Waals surface area (Å²) in [5.74, 6) is -1.33. The van der Waals surface area contributed by atoms with Crippen LogP contribution in [0.2, 0.25) is 0 Å². The van der Waals surface area contributed by atoms with Crippen molar-refractivity contribution in [2.75, 3.05) is 7.11 Å². The number of carbonyl (C=O) groups excluding carboxylic acids is 2. The van der Waals surface area contributed by atoms with Crippen LogP contribution in [0.1, 0.15) is 36.0 Å². The quantitative estimate of drug-likeness (QED) is 0.622. The Morgan fingerprint density at radius 3 is 2.47 bits per heavy atom. The first kappa shape index (κ1) is 13.6. The van der Waals surface area contributed by atoms with Crippen LogP contribution in [0.4, 0.5) is 4.39 Å². The van der Waals surface area contributed by atoms with E-state index in [0.717, 1.165) is 6.20 Å². The number of aromatic nitrogens is 1. The molecule has 0 bridgehead atoms. The number of hydrogen-bond donors (Lipinski definition) is 0. The highest BCUT2D eigenvalue weighted by molar-refractivity contribution is 5.98. The van der Waals surface area contributed by atoms with Crippen LogP contribution in [0.25, 0.3) is 0 Å². The number of ether oxygens (including phenoxy) is 1. The van der Waals surface area contributed by atoms with E-state index in [1.165, 1.54) is 19.4 Å². The standard InChI is InChI=1S/C14H16FNO3/c1-19-14(18)10-4-2-9(3-5-10)13(17)11-6-7-16-8-12(11)15/h6-10H,2-5H2,1H3/t9-,10-. The van der Waals surface area contributed by atoms with Gasteiger partial charge in [0.25, 0.3) is 0 Å². The zero-order chi connectivity index (χ0) is 13.8. The Balaban J connectivity index is 2.00. The van der Waals surface area contributed by atoms with Gasteiger partial charge in [0.1, 0.15) is 0 Å². The lowest BCUT2D eigenvalue weighted by Crippen LogP contribution is -2.27. The van der Waals surface area contributed by atoms with E-state index in [1.807, 2.05) is 0 Å². The molecule has 102 valence electrons. The molecular weight excluding hydrogens is 249 g/mol. The number of nitrogens with zero attached hydrogens (tertiary/aromatic N) is 1. The lowest BCUT2D eigenvalue weighted by Gasteiger charge is -2.25. The van der Waals surface area contributed by atoms with E-state index < -0.39 is 5.82 Å². The minimum absolute atomic E-state index is 0.0940. The Labute approximate surface area is 111 Å². The first-order chi connectivity index (χ1) is 9.13. The molecule has 0 N–H and O–H groups in total. The summed E-state index contributed by atoms with van der Waals surface area (Å²) in [6.45, 7) is 0. The van der Waals surface area contributed by atoms with Gasteiger partial charge in [-0.2, -0.15) is 0 Å². The van der Waals surface area contributed by atoms with Crippen molar-refractivity contribution in [3.8, 4) is 0 Å². The molecule has 1 aromatic rings. The lowest BCUT2D eigenvalue weighted by atomic mass is 9.78. The number of halogens is 1. The summed E-state index contributed by atoms with van der Waals surface area (Å²) in [6.07, 6.45) is 4.90. The molecule has 0 unspecified atom stereocenters. The molecule has 1 aliphatic carbocycles. The highest BCUT2D eigenvalue weighted by atomic mass is 19.1. The van der Waals surface area contributed by atoms with E-state index >= 15 is 0 Å². The van der Waals surface area contributed by atoms with Gasteiger partial charge in [-0.1, -0.05) is 0 Å². The van der Waals surface area contributed by atoms with Crippen LogP contribution < -0.4 is 0 Å². The van der Waals surface area contributed by atoms with Crippen LogP contribution in [0.15, 0.2) is 18.5 Å². The van der Waals surface area contributed by atoms with Crippen molar-refractivity contribution in [2.45, 2.75) is 25.7 Å². The van der Waals surface area contributed by atoms with E-state index in [4.69, 9.17) is 4.74 Å². The second kappa shape index (κ2) is 5.91. The average Bonchev–Trinajstić information content (AvgIpc) is 2.46. The number of rotatable bonds is 3. The normalized spacial score (nSPS) is 22.8. The van der Waals surface area contributed by atoms with Crippen LogP contribution in [-0.2, 0) is 9.53 Å². The molecule has 19 heavy (non-hydrogen) atoms. The van der Waals surface area contributed by atoms with Gasteiger partial charge >= 0.3 is 5.97 Å². The molecule has 5 heteroatoms. The minimum Gasteiger partial charge on any atom is -0.469 e. The van der Waals surface area contributed by atoms with E-state index in [9.17, 15) is 14.0 Å². The molecule has 1 heterocycles. The summed E-state index contributed by atoms with van der Waals surface area (Å²) < 4.78 is 18.2. The average molecular weight is 265 g/mol. The third-order valence-electron chi connectivity index (χ3n) is 3.67. The molecule has 1 fully saturated rings. The topological polar surface area (TPSA) is 56.3 Å². The number of hydrogen-bond acceptors (Lipinski definition) is 4. The van der Waals surface area contributed by atoms with Crippen LogP contribution in [0.5, 0.6) is 0 Å². The van der Waals surface area contributed by atoms with Crippen molar-refractivity contribution in [1.82, 2.24) is 4.98 Å². The molecule has 1 aliphatic rings. The van der Waals surface area contributed by atoms with Crippen molar-refractivity contribution < 1.29 is 18.7 Å². The van der Waals surface area contributed by atoms with E-state index in [2.05, 4.69) is 4.98 Å². The molecule has 0 spiro atoms. The number of esters is 1. The SMILES string of the molecule is COC(=O)[C@H]1CC[C@H](C(=O)c2ccncc2F)CC1. The Hall–Kier alpha value is -1.78. The van der Waals surface area contributed by atoms with E-state index in [0.29, 0.717) is 25.7 Å². The summed E-state index contributed by atoms with van der Waals surface area (Å²) in [5, 5.41) is 0. The van der Waals surface area contributed by atoms with Crippen molar-refractivity contribution in [1.29, 1.82) is 0 Å². The molecule has 0 aromatic carbocycles. The molecule has 2 rings (SSSR count). The zero-order valence-corrected chi connectivity index (χ0v) is 10.8. The molecule has 4 nitrogen and oxygen atoms in total. The van der Waals surface area contributed by atoms with Gasteiger partial charge in [-0.05, 0) is 31.7 Å². The smallest absolute Gasteiger partial charge is 0.308 e. The zero-order valence-electron chi connectivity index (χ0n) is 10.8. The van der Waals surface area contributed by atoms with Gasteiger partial charge in [0.05, 0.1) is 24.8 Å². The van der Waals surface area contributed by atoms with Gasteiger partial charge in [0.2, 0.25) is 0 Å². The molecule has 0 aliphatic heterocycles. The second-order valence-electron chi connectivity index (χ2n) is 4.79. The Morgan fingerprint density at radius 1 is 1.26 bits per heavy atom. The van der Waals surface area contributed by atoms with Gasteiger partial charge in [0.15, 0.2) is 11.6 Å². The summed E-state index contributed by atoms with van der Waals surface area (Å²) >= 11 is 0. The van der Waals surface area contributed by atoms with Gasteiger partial charge < -0.3 is 4.74 Å². The first-order valence-electron chi connectivity index (χ1n) is 6.35. The molecule has 1 aromatic heterocycles. The number of carbonyl (C=O) groups is 2. The molecule has 1 saturated carbocycles. The predicted molar refractivity (Wildman–Crippen MR) is 66.0 cm³/mol. The second-order valence-corrected chi connectivity index (χ2v) is 4.79. The maximum atomic E-state index is 13.5. The van der Waals surface area contributed by atoms with Gasteiger partial charge in [0, 0.05) is 12.1 Å². The predicted octanol–water partition coefficient (Wildman–Crippen LogP) is 2.38. The number of ketones is 1. The summed E-state index contributed by atoms with van der Waals surface area (Å²) in [6, 6.07) is 1.41. The lowest BCUT2D eigenvalue weighted by molar-refractivity contribution is -0.146. The maximum Gasteiger partial charge on any atom is 0.308 e. The first-order valence-corrected chi connectivity index (χ1v) is 6.35. The van der Waals surface area contributed by atoms with Gasteiger partial charge in [-0.25, -0.2) is 4.39 Å². The maximum absolute atomic E-state index is 13.5. The Bertz CT molecular complexity index is 481. The van der Waals surface area contributed by atoms with Gasteiger partial charge in [-0.3, -0.25) is 14.6 Å². The van der Waals surface area contributed by atoms with Crippen molar-refractivity contribution >= 4 is 11.8 Å². The van der Waals surface area contributed by atoms with E-state index in [1.54, 1.807) is 0 Å². The molecule has 0 saturated heterocycles. The third kappa shape index (κ3) is 2.97. The van der Waals surface area contributed by atoms with Crippen molar-refractivity contribution in [3.05, 3.63) is 29.8 Å². The minimum atomic E-state index is -0.581.